The van der Waals surface area contributed by atoms with Crippen molar-refractivity contribution in [3.63, 3.8) is 0 Å². The summed E-state index contributed by atoms with van der Waals surface area (Å²) in [5, 5.41) is 0. The number of hydrogen-bond donors (Lipinski definition) is 0. The number of hydrogen-bond acceptors (Lipinski definition) is 3. The minimum absolute atomic E-state index is 0.105. The second-order valence-electron chi connectivity index (χ2n) is 6.99. The number of ether oxygens (including phenoxy) is 2. The van der Waals surface area contributed by atoms with Crippen LogP contribution in [0.25, 0.3) is 0 Å². The molecule has 1 aliphatic carbocycles. The summed E-state index contributed by atoms with van der Waals surface area (Å²) < 4.78 is 25.0. The zero-order valence-electron chi connectivity index (χ0n) is 13.2. The van der Waals surface area contributed by atoms with Crippen molar-refractivity contribution >= 4 is 0 Å². The molecule has 0 amide bonds. The third-order valence-corrected chi connectivity index (χ3v) is 5.97. The molecule has 0 bridgehead atoms. The van der Waals surface area contributed by atoms with E-state index < -0.39 is 0 Å². The summed E-state index contributed by atoms with van der Waals surface area (Å²) in [5.41, 5.74) is 2.50. The highest BCUT2D eigenvalue weighted by Crippen LogP contribution is 2.52. The van der Waals surface area contributed by atoms with Crippen LogP contribution in [0.4, 0.5) is 4.39 Å². The third kappa shape index (κ3) is 2.29. The van der Waals surface area contributed by atoms with Crippen molar-refractivity contribution in [1.82, 2.24) is 4.90 Å². The molecule has 4 heteroatoms. The topological polar surface area (TPSA) is 21.7 Å². The van der Waals surface area contributed by atoms with E-state index >= 15 is 0 Å². The molecular formula is C18H24FNO2. The van der Waals surface area contributed by atoms with Crippen molar-refractivity contribution in [3.05, 3.63) is 35.1 Å². The molecule has 2 saturated heterocycles. The van der Waals surface area contributed by atoms with Crippen LogP contribution in [0.5, 0.6) is 0 Å². The van der Waals surface area contributed by atoms with Crippen LogP contribution >= 0.6 is 0 Å². The van der Waals surface area contributed by atoms with Crippen LogP contribution in [0.3, 0.4) is 0 Å². The van der Waals surface area contributed by atoms with E-state index in [2.05, 4.69) is 4.90 Å². The molecule has 120 valence electrons. The Bertz CT molecular complexity index is 548. The minimum Gasteiger partial charge on any atom is -0.380 e. The number of nitrogens with zero attached hydrogens (tertiary/aromatic N) is 1. The molecule has 1 aromatic rings. The van der Waals surface area contributed by atoms with Crippen LogP contribution < -0.4 is 0 Å². The van der Waals surface area contributed by atoms with E-state index in [1.807, 2.05) is 6.07 Å². The van der Waals surface area contributed by atoms with Crippen molar-refractivity contribution in [2.75, 3.05) is 33.4 Å². The van der Waals surface area contributed by atoms with Crippen molar-refractivity contribution in [1.29, 1.82) is 0 Å². The SMILES string of the molecule is CO[C@H]1CC2(CCN([C@H]3CCOC3)CC2)c2cc(F)ccc21. The van der Waals surface area contributed by atoms with Gasteiger partial charge in [0, 0.05) is 25.2 Å². The Morgan fingerprint density at radius 3 is 2.82 bits per heavy atom. The molecule has 0 unspecified atom stereocenters. The maximum Gasteiger partial charge on any atom is 0.123 e. The van der Waals surface area contributed by atoms with Gasteiger partial charge in [-0.2, -0.15) is 0 Å². The van der Waals surface area contributed by atoms with Gasteiger partial charge in [0.15, 0.2) is 0 Å². The third-order valence-electron chi connectivity index (χ3n) is 5.97. The molecule has 0 N–H and O–H groups in total. The number of likely N-dealkylation sites (tertiary alicyclic amines) is 1. The maximum absolute atomic E-state index is 13.8. The van der Waals surface area contributed by atoms with Crippen LogP contribution in [0.2, 0.25) is 0 Å². The van der Waals surface area contributed by atoms with E-state index in [1.165, 1.54) is 11.1 Å². The van der Waals surface area contributed by atoms with Crippen LogP contribution in [0, 0.1) is 5.82 Å². The first-order valence-electron chi connectivity index (χ1n) is 8.36. The summed E-state index contributed by atoms with van der Waals surface area (Å²) in [6.07, 6.45) is 4.47. The minimum atomic E-state index is -0.124. The second-order valence-corrected chi connectivity index (χ2v) is 6.99. The molecule has 0 saturated carbocycles. The first-order chi connectivity index (χ1) is 10.7. The summed E-state index contributed by atoms with van der Waals surface area (Å²) in [4.78, 5) is 2.57. The Balaban J connectivity index is 1.57. The normalized spacial score (nSPS) is 30.8. The molecule has 0 aromatic heterocycles. The van der Waals surface area contributed by atoms with Crippen LogP contribution in [-0.4, -0.2) is 44.4 Å². The van der Waals surface area contributed by atoms with Gasteiger partial charge in [-0.15, -0.1) is 0 Å². The van der Waals surface area contributed by atoms with Gasteiger partial charge in [0.2, 0.25) is 0 Å². The lowest BCUT2D eigenvalue weighted by molar-refractivity contribution is 0.0575. The first-order valence-corrected chi connectivity index (χ1v) is 8.36. The number of benzene rings is 1. The van der Waals surface area contributed by atoms with Crippen molar-refractivity contribution in [2.24, 2.45) is 0 Å². The summed E-state index contributed by atoms with van der Waals surface area (Å²) in [6, 6.07) is 5.83. The molecule has 1 aromatic carbocycles. The molecule has 2 heterocycles. The lowest BCUT2D eigenvalue weighted by atomic mass is 9.73. The van der Waals surface area contributed by atoms with E-state index in [4.69, 9.17) is 9.47 Å². The van der Waals surface area contributed by atoms with E-state index in [0.717, 1.165) is 52.0 Å². The van der Waals surface area contributed by atoms with Crippen molar-refractivity contribution in [2.45, 2.75) is 43.2 Å². The lowest BCUT2D eigenvalue weighted by Gasteiger charge is -2.42. The zero-order chi connectivity index (χ0) is 15.2. The van der Waals surface area contributed by atoms with E-state index in [1.54, 1.807) is 19.2 Å². The van der Waals surface area contributed by atoms with Crippen LogP contribution in [0.15, 0.2) is 18.2 Å². The van der Waals surface area contributed by atoms with E-state index in [9.17, 15) is 4.39 Å². The number of rotatable bonds is 2. The van der Waals surface area contributed by atoms with Gasteiger partial charge in [0.05, 0.1) is 12.7 Å². The van der Waals surface area contributed by atoms with Crippen molar-refractivity contribution in [3.8, 4) is 0 Å². The van der Waals surface area contributed by atoms with Gasteiger partial charge < -0.3 is 9.47 Å². The summed E-state index contributed by atoms with van der Waals surface area (Å²) in [5.74, 6) is -0.124. The standard InChI is InChI=1S/C18H24FNO2/c1-21-17-11-18(16-10-13(19)2-3-15(16)17)5-7-20(8-6-18)14-4-9-22-12-14/h2-3,10,14,17H,4-9,11-12H2,1H3/t14-,17-/m0/s1. The molecule has 2 fully saturated rings. The first kappa shape index (κ1) is 14.6. The van der Waals surface area contributed by atoms with Crippen LogP contribution in [0.1, 0.15) is 42.9 Å². The summed E-state index contributed by atoms with van der Waals surface area (Å²) in [6.45, 7) is 3.94. The van der Waals surface area contributed by atoms with Crippen molar-refractivity contribution < 1.29 is 13.9 Å². The predicted octanol–water partition coefficient (Wildman–Crippen LogP) is 3.04. The van der Waals surface area contributed by atoms with E-state index in [0.29, 0.717) is 6.04 Å². The van der Waals surface area contributed by atoms with Crippen LogP contribution in [-0.2, 0) is 14.9 Å². The highest BCUT2D eigenvalue weighted by Gasteiger charge is 2.46. The smallest absolute Gasteiger partial charge is 0.123 e. The van der Waals surface area contributed by atoms with E-state index in [-0.39, 0.29) is 17.3 Å². The molecular weight excluding hydrogens is 281 g/mol. The highest BCUT2D eigenvalue weighted by molar-refractivity contribution is 5.42. The maximum atomic E-state index is 13.8. The molecule has 4 rings (SSSR count). The molecule has 2 aliphatic heterocycles. The average Bonchev–Trinajstić information content (AvgIpc) is 3.16. The fourth-order valence-electron chi connectivity index (χ4n) is 4.65. The molecule has 1 spiro atoms. The summed E-state index contributed by atoms with van der Waals surface area (Å²) in [7, 11) is 1.77. The van der Waals surface area contributed by atoms with Gasteiger partial charge >= 0.3 is 0 Å². The zero-order valence-corrected chi connectivity index (χ0v) is 13.2. The lowest BCUT2D eigenvalue weighted by Crippen LogP contribution is -2.46. The molecule has 2 atom stereocenters. The van der Waals surface area contributed by atoms with Gasteiger partial charge in [0.25, 0.3) is 0 Å². The average molecular weight is 305 g/mol. The number of halogens is 1. The van der Waals surface area contributed by atoms with Gasteiger partial charge in [-0.25, -0.2) is 4.39 Å². The number of piperidine rings is 1. The molecule has 3 nitrogen and oxygen atoms in total. The Labute approximate surface area is 131 Å². The number of methoxy groups -OCH3 is 1. The second kappa shape index (κ2) is 5.59. The largest absolute Gasteiger partial charge is 0.380 e. The molecule has 3 aliphatic rings. The monoisotopic (exact) mass is 305 g/mol. The fourth-order valence-corrected chi connectivity index (χ4v) is 4.65. The van der Waals surface area contributed by atoms with Gasteiger partial charge in [0.1, 0.15) is 5.82 Å². The molecule has 0 radical (unpaired) electrons. The summed E-state index contributed by atoms with van der Waals surface area (Å²) >= 11 is 0. The Morgan fingerprint density at radius 1 is 1.32 bits per heavy atom. The van der Waals surface area contributed by atoms with Gasteiger partial charge in [-0.3, -0.25) is 4.90 Å². The Morgan fingerprint density at radius 2 is 2.14 bits per heavy atom. The predicted molar refractivity (Wildman–Crippen MR) is 82.5 cm³/mol. The number of fused-ring (bicyclic) bond motifs is 2. The van der Waals surface area contributed by atoms with Gasteiger partial charge in [-0.1, -0.05) is 6.07 Å². The highest BCUT2D eigenvalue weighted by atomic mass is 19.1. The Kier molecular flexibility index (Phi) is 3.71. The quantitative estimate of drug-likeness (QED) is 0.838. The Hall–Kier alpha value is -0.970. The van der Waals surface area contributed by atoms with Gasteiger partial charge in [-0.05, 0) is 62.0 Å². The fraction of sp³-hybridized carbons (Fsp3) is 0.667. The molecule has 22 heavy (non-hydrogen) atoms.